The van der Waals surface area contributed by atoms with Crippen LogP contribution in [0.5, 0.6) is 0 Å². The smallest absolute Gasteiger partial charge is 0.407 e. The zero-order chi connectivity index (χ0) is 11.2. The van der Waals surface area contributed by atoms with E-state index in [4.69, 9.17) is 10.00 Å². The highest BCUT2D eigenvalue weighted by Gasteiger charge is 2.18. The van der Waals surface area contributed by atoms with E-state index in [0.29, 0.717) is 6.42 Å². The summed E-state index contributed by atoms with van der Waals surface area (Å²) in [5.74, 6) is 0. The molecule has 0 saturated heterocycles. The lowest BCUT2D eigenvalue weighted by atomic mass is 10.2. The third-order valence-electron chi connectivity index (χ3n) is 1.55. The molecule has 0 heterocycles. The van der Waals surface area contributed by atoms with E-state index >= 15 is 0 Å². The highest BCUT2D eigenvalue weighted by atomic mass is 16.6. The maximum absolute atomic E-state index is 11.3. The van der Waals surface area contributed by atoms with Crippen molar-refractivity contribution in [2.75, 3.05) is 0 Å². The Kier molecular flexibility index (Phi) is 5.00. The molecule has 0 saturated carbocycles. The van der Waals surface area contributed by atoms with Crippen LogP contribution in [0.1, 0.15) is 40.5 Å². The van der Waals surface area contributed by atoms with Crippen LogP contribution in [0.25, 0.3) is 0 Å². The Balaban J connectivity index is 3.98. The Hall–Kier alpha value is -1.24. The molecule has 80 valence electrons. The van der Waals surface area contributed by atoms with Gasteiger partial charge in [-0.3, -0.25) is 0 Å². The maximum Gasteiger partial charge on any atom is 0.407 e. The van der Waals surface area contributed by atoms with Crippen molar-refractivity contribution < 1.29 is 9.53 Å². The van der Waals surface area contributed by atoms with E-state index < -0.39 is 11.7 Å². The van der Waals surface area contributed by atoms with Crippen LogP contribution in [-0.2, 0) is 4.74 Å². The fraction of sp³-hybridized carbons (Fsp3) is 0.800. The van der Waals surface area contributed by atoms with Crippen molar-refractivity contribution in [1.82, 2.24) is 5.32 Å². The van der Waals surface area contributed by atoms with Gasteiger partial charge in [0.05, 0.1) is 12.5 Å². The molecule has 4 heteroatoms. The minimum Gasteiger partial charge on any atom is -0.444 e. The van der Waals surface area contributed by atoms with Gasteiger partial charge in [0.1, 0.15) is 5.60 Å². The van der Waals surface area contributed by atoms with Gasteiger partial charge < -0.3 is 10.1 Å². The third kappa shape index (κ3) is 6.30. The topological polar surface area (TPSA) is 62.1 Å². The maximum atomic E-state index is 11.3. The van der Waals surface area contributed by atoms with E-state index in [0.717, 1.165) is 6.42 Å². The number of carbonyl (C=O) groups excluding carboxylic acids is 1. The average Bonchev–Trinajstić information content (AvgIpc) is 2.00. The number of amides is 1. The monoisotopic (exact) mass is 198 g/mol. The molecule has 0 aromatic carbocycles. The van der Waals surface area contributed by atoms with Gasteiger partial charge in [-0.25, -0.2) is 4.79 Å². The van der Waals surface area contributed by atoms with E-state index in [9.17, 15) is 4.79 Å². The molecule has 0 radical (unpaired) electrons. The third-order valence-corrected chi connectivity index (χ3v) is 1.55. The second-order valence-electron chi connectivity index (χ2n) is 4.11. The summed E-state index contributed by atoms with van der Waals surface area (Å²) in [6.07, 6.45) is 0.585. The Morgan fingerprint density at radius 1 is 1.57 bits per heavy atom. The van der Waals surface area contributed by atoms with Gasteiger partial charge >= 0.3 is 6.09 Å². The van der Waals surface area contributed by atoms with Crippen molar-refractivity contribution >= 4 is 6.09 Å². The number of rotatable bonds is 3. The molecule has 0 rings (SSSR count). The summed E-state index contributed by atoms with van der Waals surface area (Å²) >= 11 is 0. The normalized spacial score (nSPS) is 12.8. The molecule has 0 bridgehead atoms. The number of nitrogens with one attached hydrogen (secondary N) is 1. The van der Waals surface area contributed by atoms with Gasteiger partial charge in [0.2, 0.25) is 0 Å². The molecular formula is C10H18N2O2. The van der Waals surface area contributed by atoms with Gasteiger partial charge in [-0.15, -0.1) is 0 Å². The van der Waals surface area contributed by atoms with Crippen LogP contribution in [0.2, 0.25) is 0 Å². The SMILES string of the molecule is CCC(CC#N)NC(=O)OC(C)(C)C. The van der Waals surface area contributed by atoms with E-state index in [1.54, 1.807) is 20.8 Å². The van der Waals surface area contributed by atoms with Crippen LogP contribution < -0.4 is 5.32 Å². The number of nitrogens with zero attached hydrogens (tertiary/aromatic N) is 1. The molecule has 4 nitrogen and oxygen atoms in total. The number of alkyl carbamates (subject to hydrolysis) is 1. The summed E-state index contributed by atoms with van der Waals surface area (Å²) in [5.41, 5.74) is -0.491. The van der Waals surface area contributed by atoms with Gasteiger partial charge in [0, 0.05) is 6.04 Å². The van der Waals surface area contributed by atoms with Crippen LogP contribution >= 0.6 is 0 Å². The number of nitriles is 1. The van der Waals surface area contributed by atoms with Crippen LogP contribution in [0.3, 0.4) is 0 Å². The molecule has 0 aliphatic rings. The van der Waals surface area contributed by atoms with Gasteiger partial charge in [-0.05, 0) is 27.2 Å². The molecule has 0 aromatic heterocycles. The molecule has 0 fully saturated rings. The minimum atomic E-state index is -0.491. The van der Waals surface area contributed by atoms with E-state index in [1.807, 2.05) is 13.0 Å². The summed E-state index contributed by atoms with van der Waals surface area (Å²) in [4.78, 5) is 11.3. The molecule has 0 aromatic rings. The fourth-order valence-corrected chi connectivity index (χ4v) is 0.882. The molecule has 14 heavy (non-hydrogen) atoms. The highest BCUT2D eigenvalue weighted by Crippen LogP contribution is 2.07. The summed E-state index contributed by atoms with van der Waals surface area (Å²) in [6.45, 7) is 7.33. The van der Waals surface area contributed by atoms with Gasteiger partial charge in [0.25, 0.3) is 0 Å². The number of carbonyl (C=O) groups is 1. The second kappa shape index (κ2) is 5.48. The zero-order valence-corrected chi connectivity index (χ0v) is 9.26. The van der Waals surface area contributed by atoms with Gasteiger partial charge in [-0.1, -0.05) is 6.92 Å². The molecule has 0 spiro atoms. The lowest BCUT2D eigenvalue weighted by Crippen LogP contribution is -2.38. The van der Waals surface area contributed by atoms with E-state index in [-0.39, 0.29) is 6.04 Å². The lowest BCUT2D eigenvalue weighted by Gasteiger charge is -2.21. The molecule has 1 amide bonds. The van der Waals surface area contributed by atoms with Crippen molar-refractivity contribution in [3.8, 4) is 6.07 Å². The van der Waals surface area contributed by atoms with Crippen LogP contribution in [0.4, 0.5) is 4.79 Å². The van der Waals surface area contributed by atoms with Crippen LogP contribution in [0.15, 0.2) is 0 Å². The van der Waals surface area contributed by atoms with Gasteiger partial charge in [-0.2, -0.15) is 5.26 Å². The highest BCUT2D eigenvalue weighted by molar-refractivity contribution is 5.68. The van der Waals surface area contributed by atoms with Crippen molar-refractivity contribution in [2.45, 2.75) is 52.2 Å². The summed E-state index contributed by atoms with van der Waals surface area (Å²) < 4.78 is 5.06. The van der Waals surface area contributed by atoms with Crippen LogP contribution in [-0.4, -0.2) is 17.7 Å². The second-order valence-corrected chi connectivity index (χ2v) is 4.11. The van der Waals surface area contributed by atoms with Crippen LogP contribution in [0, 0.1) is 11.3 Å². The quantitative estimate of drug-likeness (QED) is 0.756. The first-order valence-electron chi connectivity index (χ1n) is 4.75. The molecular weight excluding hydrogens is 180 g/mol. The molecule has 0 aliphatic carbocycles. The number of hydrogen-bond donors (Lipinski definition) is 1. The Labute approximate surface area is 85.2 Å². The van der Waals surface area contributed by atoms with E-state index in [1.165, 1.54) is 0 Å². The lowest BCUT2D eigenvalue weighted by molar-refractivity contribution is 0.0504. The summed E-state index contributed by atoms with van der Waals surface area (Å²) in [7, 11) is 0. The summed E-state index contributed by atoms with van der Waals surface area (Å²) in [6, 6.07) is 1.90. The largest absolute Gasteiger partial charge is 0.444 e. The standard InChI is InChI=1S/C10H18N2O2/c1-5-8(6-7-11)12-9(13)14-10(2,3)4/h8H,5-6H2,1-4H3,(H,12,13). The average molecular weight is 198 g/mol. The fourth-order valence-electron chi connectivity index (χ4n) is 0.882. The van der Waals surface area contributed by atoms with Crippen molar-refractivity contribution in [1.29, 1.82) is 5.26 Å². The first kappa shape index (κ1) is 12.8. The first-order valence-corrected chi connectivity index (χ1v) is 4.75. The van der Waals surface area contributed by atoms with Crippen molar-refractivity contribution in [3.05, 3.63) is 0 Å². The van der Waals surface area contributed by atoms with Crippen molar-refractivity contribution in [2.24, 2.45) is 0 Å². The molecule has 1 atom stereocenters. The zero-order valence-electron chi connectivity index (χ0n) is 9.26. The Bertz CT molecular complexity index is 225. The molecule has 0 aliphatic heterocycles. The Morgan fingerprint density at radius 3 is 2.50 bits per heavy atom. The Morgan fingerprint density at radius 2 is 2.14 bits per heavy atom. The van der Waals surface area contributed by atoms with Crippen molar-refractivity contribution in [3.63, 3.8) is 0 Å². The molecule has 1 N–H and O–H groups in total. The first-order chi connectivity index (χ1) is 6.39. The van der Waals surface area contributed by atoms with E-state index in [2.05, 4.69) is 5.32 Å². The summed E-state index contributed by atoms with van der Waals surface area (Å²) in [5, 5.41) is 11.1. The number of ether oxygens (including phenoxy) is 1. The molecule has 1 unspecified atom stereocenters. The minimum absolute atomic E-state index is 0.116. The number of hydrogen-bond acceptors (Lipinski definition) is 3. The van der Waals surface area contributed by atoms with Gasteiger partial charge in [0.15, 0.2) is 0 Å². The predicted octanol–water partition coefficient (Wildman–Crippen LogP) is 2.20. The predicted molar refractivity (Wildman–Crippen MR) is 53.7 cm³/mol.